The number of carbonyl (C=O) groups is 1. The molecule has 118 valence electrons. The Morgan fingerprint density at radius 2 is 2.14 bits per heavy atom. The van der Waals surface area contributed by atoms with Crippen LogP contribution >= 0.6 is 0 Å². The third-order valence-electron chi connectivity index (χ3n) is 4.01. The maximum absolute atomic E-state index is 12.4. The van der Waals surface area contributed by atoms with Gasteiger partial charge in [-0.25, -0.2) is 0 Å². The second-order valence-electron chi connectivity index (χ2n) is 5.49. The summed E-state index contributed by atoms with van der Waals surface area (Å²) < 4.78 is 10.6. The Balaban J connectivity index is 1.85. The zero-order valence-corrected chi connectivity index (χ0v) is 12.9. The first kappa shape index (κ1) is 14.7. The first-order chi connectivity index (χ1) is 10.7. The summed E-state index contributed by atoms with van der Waals surface area (Å²) in [5.74, 6) is 1.28. The number of benzene rings is 1. The number of hydrogen-bond acceptors (Lipinski definition) is 4. The number of carbonyl (C=O) groups excluding carboxylic acids is 1. The second kappa shape index (κ2) is 6.27. The van der Waals surface area contributed by atoms with Crippen LogP contribution in [0.5, 0.6) is 11.5 Å². The van der Waals surface area contributed by atoms with Gasteiger partial charge >= 0.3 is 0 Å². The van der Waals surface area contributed by atoms with Gasteiger partial charge in [0.15, 0.2) is 0 Å². The molecule has 0 bridgehead atoms. The molecule has 0 saturated carbocycles. The molecule has 0 spiro atoms. The highest BCUT2D eigenvalue weighted by Gasteiger charge is 2.18. The van der Waals surface area contributed by atoms with E-state index >= 15 is 0 Å². The highest BCUT2D eigenvalue weighted by Crippen LogP contribution is 2.31. The van der Waals surface area contributed by atoms with Crippen molar-refractivity contribution in [2.75, 3.05) is 27.3 Å². The smallest absolute Gasteiger partial charge is 0.267 e. The van der Waals surface area contributed by atoms with Gasteiger partial charge in [0.25, 0.3) is 5.91 Å². The van der Waals surface area contributed by atoms with Crippen LogP contribution in [0.2, 0.25) is 0 Å². The van der Waals surface area contributed by atoms with Gasteiger partial charge in [-0.05, 0) is 25.5 Å². The summed E-state index contributed by atoms with van der Waals surface area (Å²) >= 11 is 0. The molecule has 22 heavy (non-hydrogen) atoms. The van der Waals surface area contributed by atoms with Crippen LogP contribution in [0.25, 0.3) is 10.9 Å². The van der Waals surface area contributed by atoms with Gasteiger partial charge in [0.2, 0.25) is 0 Å². The number of nitrogens with one attached hydrogen (secondary N) is 3. The Labute approximate surface area is 129 Å². The van der Waals surface area contributed by atoms with Crippen molar-refractivity contribution in [3.8, 4) is 11.5 Å². The Morgan fingerprint density at radius 1 is 1.27 bits per heavy atom. The van der Waals surface area contributed by atoms with Crippen LogP contribution < -0.4 is 20.1 Å². The van der Waals surface area contributed by atoms with Crippen molar-refractivity contribution < 1.29 is 14.3 Å². The van der Waals surface area contributed by atoms with Crippen LogP contribution in [0.1, 0.15) is 23.3 Å². The van der Waals surface area contributed by atoms with Gasteiger partial charge in [-0.3, -0.25) is 4.79 Å². The molecule has 1 aliphatic rings. The van der Waals surface area contributed by atoms with Crippen molar-refractivity contribution in [2.24, 2.45) is 0 Å². The molecule has 1 aliphatic heterocycles. The Bertz CT molecular complexity index is 675. The summed E-state index contributed by atoms with van der Waals surface area (Å²) in [6, 6.07) is 5.67. The first-order valence-corrected chi connectivity index (χ1v) is 7.47. The lowest BCUT2D eigenvalue weighted by Crippen LogP contribution is -2.45. The fraction of sp³-hybridized carbons (Fsp3) is 0.438. The standard InChI is InChI=1S/C16H21N3O3/c1-21-11-6-13-12(15(7-11)22-2)8-14(19-13)16(20)18-10-4-3-5-17-9-10/h6-8,10,17,19H,3-5,9H2,1-2H3,(H,18,20). The Kier molecular flexibility index (Phi) is 4.20. The number of ether oxygens (including phenoxy) is 2. The van der Waals surface area contributed by atoms with Crippen molar-refractivity contribution in [3.05, 3.63) is 23.9 Å². The first-order valence-electron chi connectivity index (χ1n) is 7.47. The third kappa shape index (κ3) is 2.87. The van der Waals surface area contributed by atoms with Gasteiger partial charge in [0.1, 0.15) is 17.2 Å². The quantitative estimate of drug-likeness (QED) is 0.803. The van der Waals surface area contributed by atoms with E-state index in [1.54, 1.807) is 14.2 Å². The summed E-state index contributed by atoms with van der Waals surface area (Å²) in [7, 11) is 3.21. The molecule has 0 radical (unpaired) electrons. The number of rotatable bonds is 4. The number of hydrogen-bond donors (Lipinski definition) is 3. The summed E-state index contributed by atoms with van der Waals surface area (Å²) in [6.07, 6.45) is 2.10. The minimum atomic E-state index is -0.0917. The van der Waals surface area contributed by atoms with Gasteiger partial charge in [-0.15, -0.1) is 0 Å². The fourth-order valence-corrected chi connectivity index (χ4v) is 2.83. The second-order valence-corrected chi connectivity index (χ2v) is 5.49. The SMILES string of the molecule is COc1cc(OC)c2cc(C(=O)NC3CCCNC3)[nH]c2c1. The Hall–Kier alpha value is -2.21. The number of fused-ring (bicyclic) bond motifs is 1. The van der Waals surface area contributed by atoms with Gasteiger partial charge in [0, 0.05) is 30.1 Å². The maximum Gasteiger partial charge on any atom is 0.267 e. The largest absolute Gasteiger partial charge is 0.497 e. The van der Waals surface area contributed by atoms with E-state index in [2.05, 4.69) is 15.6 Å². The zero-order chi connectivity index (χ0) is 15.5. The lowest BCUT2D eigenvalue weighted by atomic mass is 10.1. The predicted molar refractivity (Wildman–Crippen MR) is 84.8 cm³/mol. The molecular weight excluding hydrogens is 282 g/mol. The average molecular weight is 303 g/mol. The van der Waals surface area contributed by atoms with E-state index in [0.717, 1.165) is 36.8 Å². The summed E-state index contributed by atoms with van der Waals surface area (Å²) in [6.45, 7) is 1.85. The molecule has 1 saturated heterocycles. The highest BCUT2D eigenvalue weighted by molar-refractivity contribution is 6.00. The molecule has 3 rings (SSSR count). The van der Waals surface area contributed by atoms with Crippen LogP contribution in [0.4, 0.5) is 0 Å². The van der Waals surface area contributed by atoms with Crippen LogP contribution in [0.3, 0.4) is 0 Å². The number of piperidine rings is 1. The van der Waals surface area contributed by atoms with E-state index in [1.165, 1.54) is 0 Å². The normalized spacial score (nSPS) is 18.2. The van der Waals surface area contributed by atoms with Crippen molar-refractivity contribution >= 4 is 16.8 Å². The van der Waals surface area contributed by atoms with Crippen LogP contribution in [-0.2, 0) is 0 Å². The Morgan fingerprint density at radius 3 is 2.82 bits per heavy atom. The molecule has 2 aromatic rings. The predicted octanol–water partition coefficient (Wildman–Crippen LogP) is 1.67. The summed E-state index contributed by atoms with van der Waals surface area (Å²) in [5, 5.41) is 7.22. The lowest BCUT2D eigenvalue weighted by Gasteiger charge is -2.23. The van der Waals surface area contributed by atoms with Crippen LogP contribution in [0.15, 0.2) is 18.2 Å². The molecule has 6 heteroatoms. The van der Waals surface area contributed by atoms with Crippen LogP contribution in [-0.4, -0.2) is 44.2 Å². The van der Waals surface area contributed by atoms with E-state index in [4.69, 9.17) is 9.47 Å². The van der Waals surface area contributed by atoms with E-state index in [0.29, 0.717) is 17.2 Å². The molecule has 1 aromatic carbocycles. The molecular formula is C16H21N3O3. The van der Waals surface area contributed by atoms with Crippen molar-refractivity contribution in [3.63, 3.8) is 0 Å². The number of H-pyrrole nitrogens is 1. The summed E-state index contributed by atoms with van der Waals surface area (Å²) in [5.41, 5.74) is 1.36. The lowest BCUT2D eigenvalue weighted by molar-refractivity contribution is 0.0926. The average Bonchev–Trinajstić information content (AvgIpc) is 2.99. The molecule has 0 aliphatic carbocycles. The fourth-order valence-electron chi connectivity index (χ4n) is 2.83. The molecule has 1 atom stereocenters. The van der Waals surface area contributed by atoms with E-state index in [9.17, 15) is 4.79 Å². The van der Waals surface area contributed by atoms with Crippen molar-refractivity contribution in [1.82, 2.24) is 15.6 Å². The van der Waals surface area contributed by atoms with Gasteiger partial charge < -0.3 is 25.1 Å². The number of methoxy groups -OCH3 is 2. The number of aromatic amines is 1. The topological polar surface area (TPSA) is 75.4 Å². The number of aromatic nitrogens is 1. The van der Waals surface area contributed by atoms with E-state index in [-0.39, 0.29) is 11.9 Å². The molecule has 2 heterocycles. The third-order valence-corrected chi connectivity index (χ3v) is 4.01. The molecule has 1 amide bonds. The minimum Gasteiger partial charge on any atom is -0.497 e. The maximum atomic E-state index is 12.4. The monoisotopic (exact) mass is 303 g/mol. The molecule has 1 unspecified atom stereocenters. The summed E-state index contributed by atoms with van der Waals surface area (Å²) in [4.78, 5) is 15.5. The van der Waals surface area contributed by atoms with E-state index < -0.39 is 0 Å². The van der Waals surface area contributed by atoms with Crippen molar-refractivity contribution in [2.45, 2.75) is 18.9 Å². The van der Waals surface area contributed by atoms with Crippen LogP contribution in [0, 0.1) is 0 Å². The van der Waals surface area contributed by atoms with Gasteiger partial charge in [0.05, 0.1) is 19.7 Å². The zero-order valence-electron chi connectivity index (χ0n) is 12.9. The molecule has 6 nitrogen and oxygen atoms in total. The van der Waals surface area contributed by atoms with Gasteiger partial charge in [-0.2, -0.15) is 0 Å². The van der Waals surface area contributed by atoms with E-state index in [1.807, 2.05) is 18.2 Å². The van der Waals surface area contributed by atoms with Crippen molar-refractivity contribution in [1.29, 1.82) is 0 Å². The number of amides is 1. The molecule has 1 fully saturated rings. The highest BCUT2D eigenvalue weighted by atomic mass is 16.5. The molecule has 1 aromatic heterocycles. The molecule has 3 N–H and O–H groups in total. The van der Waals surface area contributed by atoms with Gasteiger partial charge in [-0.1, -0.05) is 0 Å². The minimum absolute atomic E-state index is 0.0917.